The molecule has 2 aromatic heterocycles. The largest absolute Gasteiger partial charge is 0.477 e. The van der Waals surface area contributed by atoms with Crippen molar-refractivity contribution in [3.8, 4) is 0 Å². The lowest BCUT2D eigenvalue weighted by atomic mass is 10.0. The number of hydrogen-bond donors (Lipinski definition) is 1. The predicted molar refractivity (Wildman–Crippen MR) is 71.4 cm³/mol. The van der Waals surface area contributed by atoms with E-state index in [4.69, 9.17) is 9.63 Å². The lowest BCUT2D eigenvalue weighted by Crippen LogP contribution is -2.34. The number of carboxylic acid groups (broad SMARTS) is 1. The Balaban J connectivity index is 1.61. The third-order valence-corrected chi connectivity index (χ3v) is 3.84. The van der Waals surface area contributed by atoms with Crippen molar-refractivity contribution in [3.05, 3.63) is 42.0 Å². The van der Waals surface area contributed by atoms with Gasteiger partial charge in [0.05, 0.1) is 6.20 Å². The van der Waals surface area contributed by atoms with Crippen LogP contribution < -0.4 is 0 Å². The first kappa shape index (κ1) is 12.9. The molecule has 106 valence electrons. The molecular weight excluding hydrogens is 258 g/mol. The Morgan fingerprint density at radius 3 is 2.90 bits per heavy atom. The zero-order valence-corrected chi connectivity index (χ0v) is 11.1. The molecular formula is C14H17N3O3. The van der Waals surface area contributed by atoms with E-state index in [1.54, 1.807) is 24.6 Å². The highest BCUT2D eigenvalue weighted by Crippen LogP contribution is 2.25. The van der Waals surface area contributed by atoms with E-state index in [1.165, 1.54) is 0 Å². The number of carbonyl (C=O) groups is 1. The molecule has 0 atom stereocenters. The Labute approximate surface area is 116 Å². The van der Waals surface area contributed by atoms with Crippen LogP contribution >= 0.6 is 0 Å². The molecule has 1 fully saturated rings. The van der Waals surface area contributed by atoms with E-state index >= 15 is 0 Å². The maximum absolute atomic E-state index is 11.2. The van der Waals surface area contributed by atoms with Gasteiger partial charge < -0.3 is 14.2 Å². The molecule has 0 bridgehead atoms. The Morgan fingerprint density at radius 1 is 1.45 bits per heavy atom. The normalized spacial score (nSPS) is 17.4. The summed E-state index contributed by atoms with van der Waals surface area (Å²) in [7, 11) is 0. The quantitative estimate of drug-likeness (QED) is 0.924. The van der Waals surface area contributed by atoms with Crippen LogP contribution in [0.3, 0.4) is 0 Å². The van der Waals surface area contributed by atoms with Crippen molar-refractivity contribution >= 4 is 5.97 Å². The second-order valence-electron chi connectivity index (χ2n) is 5.15. The van der Waals surface area contributed by atoms with Crippen molar-refractivity contribution in [1.29, 1.82) is 0 Å². The minimum Gasteiger partial charge on any atom is -0.477 e. The molecule has 0 amide bonds. The van der Waals surface area contributed by atoms with Crippen LogP contribution in [0.1, 0.15) is 34.9 Å². The number of nitrogens with zero attached hydrogens (tertiary/aromatic N) is 3. The van der Waals surface area contributed by atoms with Crippen LogP contribution in [0.4, 0.5) is 0 Å². The maximum atomic E-state index is 11.2. The number of rotatable bonds is 4. The highest BCUT2D eigenvalue weighted by Gasteiger charge is 2.23. The van der Waals surface area contributed by atoms with Gasteiger partial charge in [-0.15, -0.1) is 0 Å². The molecule has 3 heterocycles. The number of carboxylic acids is 1. The van der Waals surface area contributed by atoms with Gasteiger partial charge in [-0.25, -0.2) is 4.79 Å². The van der Waals surface area contributed by atoms with Crippen molar-refractivity contribution in [2.45, 2.75) is 25.4 Å². The second-order valence-corrected chi connectivity index (χ2v) is 5.15. The number of hydrogen-bond acceptors (Lipinski definition) is 4. The predicted octanol–water partition coefficient (Wildman–Crippen LogP) is 2.01. The fraction of sp³-hybridized carbons (Fsp3) is 0.429. The van der Waals surface area contributed by atoms with Crippen molar-refractivity contribution in [1.82, 2.24) is 14.6 Å². The van der Waals surface area contributed by atoms with Crippen LogP contribution in [-0.4, -0.2) is 38.8 Å². The SMILES string of the molecule is O=C(O)c1cccn1C1CCN(Cc2cnoc2)CC1. The molecule has 1 saturated heterocycles. The van der Waals surface area contributed by atoms with Crippen molar-refractivity contribution in [2.75, 3.05) is 13.1 Å². The van der Waals surface area contributed by atoms with E-state index < -0.39 is 5.97 Å². The summed E-state index contributed by atoms with van der Waals surface area (Å²) in [5, 5.41) is 12.9. The summed E-state index contributed by atoms with van der Waals surface area (Å²) in [5.74, 6) is -0.859. The van der Waals surface area contributed by atoms with Crippen LogP contribution in [0.5, 0.6) is 0 Å². The lowest BCUT2D eigenvalue weighted by Gasteiger charge is -2.32. The third kappa shape index (κ3) is 2.60. The molecule has 0 radical (unpaired) electrons. The fourth-order valence-electron chi connectivity index (χ4n) is 2.81. The van der Waals surface area contributed by atoms with E-state index in [9.17, 15) is 4.79 Å². The number of piperidine rings is 1. The molecule has 0 unspecified atom stereocenters. The standard InChI is InChI=1S/C14H17N3O3/c18-14(19)13-2-1-5-17(13)12-3-6-16(7-4-12)9-11-8-15-20-10-11/h1-2,5,8,10,12H,3-4,6-7,9H2,(H,18,19). The molecule has 2 aromatic rings. The zero-order valence-electron chi connectivity index (χ0n) is 11.1. The smallest absolute Gasteiger partial charge is 0.352 e. The topological polar surface area (TPSA) is 71.5 Å². The van der Waals surface area contributed by atoms with Gasteiger partial charge in [0.2, 0.25) is 0 Å². The molecule has 0 spiro atoms. The van der Waals surface area contributed by atoms with Crippen LogP contribution in [-0.2, 0) is 6.54 Å². The molecule has 0 aliphatic carbocycles. The monoisotopic (exact) mass is 275 g/mol. The van der Waals surface area contributed by atoms with E-state index in [0.29, 0.717) is 5.69 Å². The molecule has 6 nitrogen and oxygen atoms in total. The average Bonchev–Trinajstić information content (AvgIpc) is 3.10. The van der Waals surface area contributed by atoms with Crippen molar-refractivity contribution in [3.63, 3.8) is 0 Å². The van der Waals surface area contributed by atoms with Gasteiger partial charge in [0.25, 0.3) is 0 Å². The summed E-state index contributed by atoms with van der Waals surface area (Å²) in [5.41, 5.74) is 1.46. The minimum atomic E-state index is -0.859. The summed E-state index contributed by atoms with van der Waals surface area (Å²) < 4.78 is 6.72. The van der Waals surface area contributed by atoms with E-state index in [1.807, 2.05) is 10.8 Å². The van der Waals surface area contributed by atoms with Gasteiger partial charge in [-0.2, -0.15) is 0 Å². The van der Waals surface area contributed by atoms with Crippen LogP contribution in [0.25, 0.3) is 0 Å². The van der Waals surface area contributed by atoms with Crippen LogP contribution in [0.15, 0.2) is 35.3 Å². The molecule has 1 aliphatic rings. The van der Waals surface area contributed by atoms with Gasteiger partial charge in [0.15, 0.2) is 0 Å². The average molecular weight is 275 g/mol. The summed E-state index contributed by atoms with van der Waals surface area (Å²) >= 11 is 0. The number of aromatic carboxylic acids is 1. The summed E-state index contributed by atoms with van der Waals surface area (Å²) in [4.78, 5) is 13.5. The third-order valence-electron chi connectivity index (χ3n) is 3.84. The first-order valence-electron chi connectivity index (χ1n) is 6.75. The molecule has 0 aromatic carbocycles. The van der Waals surface area contributed by atoms with Crippen molar-refractivity contribution in [2.24, 2.45) is 0 Å². The Morgan fingerprint density at radius 2 is 2.25 bits per heavy atom. The lowest BCUT2D eigenvalue weighted by molar-refractivity contribution is 0.0678. The van der Waals surface area contributed by atoms with Gasteiger partial charge in [-0.1, -0.05) is 5.16 Å². The van der Waals surface area contributed by atoms with Gasteiger partial charge in [0, 0.05) is 37.4 Å². The minimum absolute atomic E-state index is 0.273. The Hall–Kier alpha value is -2.08. The van der Waals surface area contributed by atoms with Gasteiger partial charge in [-0.3, -0.25) is 4.90 Å². The van der Waals surface area contributed by atoms with Crippen LogP contribution in [0, 0.1) is 0 Å². The van der Waals surface area contributed by atoms with Gasteiger partial charge in [0.1, 0.15) is 12.0 Å². The second kappa shape index (κ2) is 5.50. The molecule has 20 heavy (non-hydrogen) atoms. The molecule has 0 saturated carbocycles. The highest BCUT2D eigenvalue weighted by atomic mass is 16.5. The number of aromatic nitrogens is 2. The maximum Gasteiger partial charge on any atom is 0.352 e. The summed E-state index contributed by atoms with van der Waals surface area (Å²) in [6, 6.07) is 3.73. The van der Waals surface area contributed by atoms with E-state index in [2.05, 4.69) is 10.1 Å². The zero-order chi connectivity index (χ0) is 13.9. The van der Waals surface area contributed by atoms with Crippen LogP contribution in [0.2, 0.25) is 0 Å². The van der Waals surface area contributed by atoms with E-state index in [-0.39, 0.29) is 6.04 Å². The Bertz CT molecular complexity index is 568. The fourth-order valence-corrected chi connectivity index (χ4v) is 2.81. The molecule has 3 rings (SSSR count). The number of likely N-dealkylation sites (tertiary alicyclic amines) is 1. The molecule has 6 heteroatoms. The van der Waals surface area contributed by atoms with Crippen molar-refractivity contribution < 1.29 is 14.4 Å². The highest BCUT2D eigenvalue weighted by molar-refractivity contribution is 5.85. The summed E-state index contributed by atoms with van der Waals surface area (Å²) in [6.07, 6.45) is 7.19. The molecule has 1 aliphatic heterocycles. The van der Waals surface area contributed by atoms with Gasteiger partial charge >= 0.3 is 5.97 Å². The first-order valence-corrected chi connectivity index (χ1v) is 6.75. The van der Waals surface area contributed by atoms with E-state index in [0.717, 1.165) is 38.0 Å². The summed E-state index contributed by atoms with van der Waals surface area (Å²) in [6.45, 7) is 2.74. The first-order chi connectivity index (χ1) is 9.74. The van der Waals surface area contributed by atoms with Gasteiger partial charge in [-0.05, 0) is 25.0 Å². The Kier molecular flexibility index (Phi) is 3.56. The molecule has 1 N–H and O–H groups in total.